The number of aliphatic hydroxyl groups excluding tert-OH is 1. The molecule has 1 fully saturated rings. The van der Waals surface area contributed by atoms with Crippen LogP contribution in [0, 0.1) is 0 Å². The molecule has 0 bridgehead atoms. The summed E-state index contributed by atoms with van der Waals surface area (Å²) in [6, 6.07) is 3.41. The molecule has 0 aliphatic carbocycles. The third kappa shape index (κ3) is 2.42. The molecule has 1 heterocycles. The van der Waals surface area contributed by atoms with Gasteiger partial charge < -0.3 is 25.0 Å². The van der Waals surface area contributed by atoms with Crippen LogP contribution in [0.5, 0.6) is 17.2 Å². The molecular weight excluding hydrogens is 234 g/mol. The van der Waals surface area contributed by atoms with E-state index in [1.807, 2.05) is 6.08 Å². The van der Waals surface area contributed by atoms with Crippen LogP contribution in [-0.4, -0.2) is 43.6 Å². The Morgan fingerprint density at radius 1 is 1.28 bits per heavy atom. The van der Waals surface area contributed by atoms with Gasteiger partial charge in [-0.05, 0) is 23.3 Å². The van der Waals surface area contributed by atoms with E-state index in [2.05, 4.69) is 5.32 Å². The molecule has 2 rings (SSSR count). The number of rotatable bonds is 3. The highest BCUT2D eigenvalue weighted by molar-refractivity contribution is 5.63. The zero-order valence-corrected chi connectivity index (χ0v) is 10.4. The summed E-state index contributed by atoms with van der Waals surface area (Å²) in [5.74, 6) is 0.676. The Morgan fingerprint density at radius 3 is 2.33 bits per heavy atom. The average molecular weight is 251 g/mol. The topological polar surface area (TPSA) is 71.0 Å². The maximum atomic E-state index is 9.79. The predicted molar refractivity (Wildman–Crippen MR) is 68.1 cm³/mol. The standard InChI is InChI=1S/C13H17NO4/c1-17-11-4-8(5-12(18-2)13(11)16)3-9-6-14-7-10(9)15/h3-5,10,14-16H,6-7H2,1-2H3. The van der Waals surface area contributed by atoms with Gasteiger partial charge in [0.15, 0.2) is 11.5 Å². The number of phenolic OH excluding ortho intramolecular Hbond substituents is 1. The molecule has 1 aromatic rings. The maximum absolute atomic E-state index is 9.79. The zero-order chi connectivity index (χ0) is 13.1. The van der Waals surface area contributed by atoms with E-state index in [4.69, 9.17) is 9.47 Å². The molecule has 1 aliphatic rings. The van der Waals surface area contributed by atoms with E-state index in [-0.39, 0.29) is 5.75 Å². The van der Waals surface area contributed by atoms with Crippen molar-refractivity contribution in [3.63, 3.8) is 0 Å². The van der Waals surface area contributed by atoms with Gasteiger partial charge in [0.1, 0.15) is 0 Å². The van der Waals surface area contributed by atoms with Crippen LogP contribution in [0.15, 0.2) is 17.7 Å². The van der Waals surface area contributed by atoms with Crippen molar-refractivity contribution < 1.29 is 19.7 Å². The number of phenols is 1. The number of aliphatic hydroxyl groups is 1. The number of ether oxygens (including phenoxy) is 2. The second-order valence-electron chi connectivity index (χ2n) is 4.14. The molecule has 1 unspecified atom stereocenters. The summed E-state index contributed by atoms with van der Waals surface area (Å²) < 4.78 is 10.2. The lowest BCUT2D eigenvalue weighted by molar-refractivity contribution is 0.230. The summed E-state index contributed by atoms with van der Waals surface area (Å²) in [5, 5.41) is 22.6. The number of aromatic hydroxyl groups is 1. The van der Waals surface area contributed by atoms with Crippen molar-refractivity contribution in [1.29, 1.82) is 0 Å². The van der Waals surface area contributed by atoms with E-state index >= 15 is 0 Å². The fraction of sp³-hybridized carbons (Fsp3) is 0.385. The van der Waals surface area contributed by atoms with Crippen molar-refractivity contribution in [3.05, 3.63) is 23.3 Å². The lowest BCUT2D eigenvalue weighted by atomic mass is 10.1. The van der Waals surface area contributed by atoms with Crippen LogP contribution in [0.3, 0.4) is 0 Å². The van der Waals surface area contributed by atoms with Gasteiger partial charge in [0.25, 0.3) is 0 Å². The number of nitrogens with one attached hydrogen (secondary N) is 1. The molecule has 1 atom stereocenters. The Balaban J connectivity index is 2.39. The third-order valence-corrected chi connectivity index (χ3v) is 2.95. The number of hydrogen-bond acceptors (Lipinski definition) is 5. The summed E-state index contributed by atoms with van der Waals surface area (Å²) in [4.78, 5) is 0. The normalized spacial score (nSPS) is 21.3. The van der Waals surface area contributed by atoms with E-state index in [1.54, 1.807) is 12.1 Å². The van der Waals surface area contributed by atoms with Crippen LogP contribution >= 0.6 is 0 Å². The second kappa shape index (κ2) is 5.29. The monoisotopic (exact) mass is 251 g/mol. The molecule has 0 amide bonds. The molecule has 0 aromatic heterocycles. The van der Waals surface area contributed by atoms with Gasteiger partial charge in [-0.15, -0.1) is 0 Å². The van der Waals surface area contributed by atoms with Gasteiger partial charge in [-0.2, -0.15) is 0 Å². The molecule has 98 valence electrons. The van der Waals surface area contributed by atoms with E-state index in [0.29, 0.717) is 24.6 Å². The Labute approximate surface area is 106 Å². The molecule has 0 saturated carbocycles. The minimum atomic E-state index is -0.462. The van der Waals surface area contributed by atoms with Crippen LogP contribution in [0.25, 0.3) is 6.08 Å². The van der Waals surface area contributed by atoms with Crippen molar-refractivity contribution in [3.8, 4) is 17.2 Å². The summed E-state index contributed by atoms with van der Waals surface area (Å²) in [5.41, 5.74) is 1.73. The van der Waals surface area contributed by atoms with Crippen LogP contribution in [0.4, 0.5) is 0 Å². The summed E-state index contributed by atoms with van der Waals surface area (Å²) in [6.45, 7) is 1.23. The van der Waals surface area contributed by atoms with Crippen molar-refractivity contribution in [2.75, 3.05) is 27.3 Å². The van der Waals surface area contributed by atoms with Gasteiger partial charge in [-0.3, -0.25) is 0 Å². The largest absolute Gasteiger partial charge is 0.502 e. The van der Waals surface area contributed by atoms with Crippen molar-refractivity contribution in [2.24, 2.45) is 0 Å². The van der Waals surface area contributed by atoms with Gasteiger partial charge in [0.2, 0.25) is 5.75 Å². The Hall–Kier alpha value is -1.72. The molecule has 1 aliphatic heterocycles. The van der Waals surface area contributed by atoms with Gasteiger partial charge >= 0.3 is 0 Å². The van der Waals surface area contributed by atoms with E-state index in [0.717, 1.165) is 11.1 Å². The van der Waals surface area contributed by atoms with Crippen molar-refractivity contribution >= 4 is 6.08 Å². The highest BCUT2D eigenvalue weighted by Crippen LogP contribution is 2.37. The minimum Gasteiger partial charge on any atom is -0.502 e. The summed E-state index contributed by atoms with van der Waals surface area (Å²) >= 11 is 0. The molecule has 0 radical (unpaired) electrons. The van der Waals surface area contributed by atoms with Gasteiger partial charge in [-0.1, -0.05) is 6.08 Å². The first-order valence-electron chi connectivity index (χ1n) is 5.70. The molecule has 1 saturated heterocycles. The maximum Gasteiger partial charge on any atom is 0.200 e. The molecule has 3 N–H and O–H groups in total. The van der Waals surface area contributed by atoms with Crippen LogP contribution < -0.4 is 14.8 Å². The van der Waals surface area contributed by atoms with Crippen molar-refractivity contribution in [2.45, 2.75) is 6.10 Å². The zero-order valence-electron chi connectivity index (χ0n) is 10.4. The molecule has 18 heavy (non-hydrogen) atoms. The van der Waals surface area contributed by atoms with E-state index in [1.165, 1.54) is 14.2 Å². The highest BCUT2D eigenvalue weighted by atomic mass is 16.5. The predicted octanol–water partition coefficient (Wildman–Crippen LogP) is 0.757. The van der Waals surface area contributed by atoms with Gasteiger partial charge in [0, 0.05) is 13.1 Å². The first-order valence-corrected chi connectivity index (χ1v) is 5.70. The molecule has 1 aromatic carbocycles. The molecule has 5 heteroatoms. The fourth-order valence-electron chi connectivity index (χ4n) is 1.96. The lowest BCUT2D eigenvalue weighted by Crippen LogP contribution is -2.12. The minimum absolute atomic E-state index is 0.0211. The Morgan fingerprint density at radius 2 is 1.89 bits per heavy atom. The Bertz CT molecular complexity index is 445. The quantitative estimate of drug-likeness (QED) is 0.739. The first kappa shape index (κ1) is 12.7. The number of β-amino-alcohol motifs (C(OH)–C–C–N with tert-alkyl or cyclic N) is 1. The molecule has 0 spiro atoms. The SMILES string of the molecule is COc1cc(C=C2CNCC2O)cc(OC)c1O. The van der Waals surface area contributed by atoms with E-state index in [9.17, 15) is 10.2 Å². The number of benzene rings is 1. The molecular formula is C13H17NO4. The summed E-state index contributed by atoms with van der Waals surface area (Å²) in [7, 11) is 2.97. The highest BCUT2D eigenvalue weighted by Gasteiger charge is 2.18. The summed E-state index contributed by atoms with van der Waals surface area (Å²) in [6.07, 6.45) is 1.41. The van der Waals surface area contributed by atoms with Crippen LogP contribution in [0.1, 0.15) is 5.56 Å². The number of hydrogen-bond donors (Lipinski definition) is 3. The fourth-order valence-corrected chi connectivity index (χ4v) is 1.96. The van der Waals surface area contributed by atoms with Crippen LogP contribution in [0.2, 0.25) is 0 Å². The van der Waals surface area contributed by atoms with Crippen LogP contribution in [-0.2, 0) is 0 Å². The van der Waals surface area contributed by atoms with Gasteiger partial charge in [0.05, 0.1) is 20.3 Å². The van der Waals surface area contributed by atoms with Gasteiger partial charge in [-0.25, -0.2) is 0 Å². The Kier molecular flexibility index (Phi) is 3.74. The van der Waals surface area contributed by atoms with Crippen molar-refractivity contribution in [1.82, 2.24) is 5.32 Å². The smallest absolute Gasteiger partial charge is 0.200 e. The number of methoxy groups -OCH3 is 2. The second-order valence-corrected chi connectivity index (χ2v) is 4.14. The molecule has 5 nitrogen and oxygen atoms in total. The lowest BCUT2D eigenvalue weighted by Gasteiger charge is -2.10. The average Bonchev–Trinajstić information content (AvgIpc) is 2.77. The third-order valence-electron chi connectivity index (χ3n) is 2.95. The van der Waals surface area contributed by atoms with E-state index < -0.39 is 6.10 Å². The first-order chi connectivity index (χ1) is 8.65.